The number of hydrogen-bond donors (Lipinski definition) is 1. The lowest BCUT2D eigenvalue weighted by atomic mass is 10.3. The van der Waals surface area contributed by atoms with Crippen LogP contribution in [0.25, 0.3) is 10.2 Å². The van der Waals surface area contributed by atoms with E-state index in [4.69, 9.17) is 5.11 Å². The highest BCUT2D eigenvalue weighted by Gasteiger charge is 2.18. The van der Waals surface area contributed by atoms with Crippen molar-refractivity contribution in [2.75, 3.05) is 25.1 Å². The number of aromatic nitrogens is 1. The number of rotatable bonds is 5. The minimum atomic E-state index is -1.02. The number of carbonyl (C=O) groups excluding carboxylic acids is 1. The number of carboxylic acids is 1. The van der Waals surface area contributed by atoms with E-state index in [1.54, 1.807) is 0 Å². The Bertz CT molecular complexity index is 578. The van der Waals surface area contributed by atoms with Crippen LogP contribution in [0.4, 0.5) is 5.13 Å². The van der Waals surface area contributed by atoms with Crippen LogP contribution in [-0.2, 0) is 14.3 Å². The molecule has 6 nitrogen and oxygen atoms in total. The second-order valence-electron chi connectivity index (χ2n) is 3.79. The largest absolute Gasteiger partial charge is 0.480 e. The lowest BCUT2D eigenvalue weighted by Crippen LogP contribution is -2.34. The summed E-state index contributed by atoms with van der Waals surface area (Å²) in [5.41, 5.74) is 0.780. The zero-order chi connectivity index (χ0) is 13.8. The summed E-state index contributed by atoms with van der Waals surface area (Å²) in [7, 11) is 1.26. The predicted octanol–water partition coefficient (Wildman–Crippen LogP) is 1.36. The molecule has 1 N–H and O–H groups in total. The Balaban J connectivity index is 2.30. The van der Waals surface area contributed by atoms with Crippen molar-refractivity contribution in [1.82, 2.24) is 4.98 Å². The van der Waals surface area contributed by atoms with Crippen molar-refractivity contribution >= 4 is 38.6 Å². The van der Waals surface area contributed by atoms with E-state index < -0.39 is 11.9 Å². The molecular weight excluding hydrogens is 268 g/mol. The molecule has 0 amide bonds. The van der Waals surface area contributed by atoms with Gasteiger partial charge in [-0.15, -0.1) is 0 Å². The van der Waals surface area contributed by atoms with Gasteiger partial charge >= 0.3 is 11.9 Å². The number of methoxy groups -OCH3 is 1. The maximum atomic E-state index is 11.3. The van der Waals surface area contributed by atoms with Gasteiger partial charge in [0, 0.05) is 0 Å². The van der Waals surface area contributed by atoms with Crippen LogP contribution >= 0.6 is 11.3 Å². The Morgan fingerprint density at radius 3 is 2.74 bits per heavy atom. The first-order valence-electron chi connectivity index (χ1n) is 5.49. The van der Waals surface area contributed by atoms with Gasteiger partial charge in [-0.05, 0) is 12.1 Å². The van der Waals surface area contributed by atoms with Crippen molar-refractivity contribution in [3.63, 3.8) is 0 Å². The van der Waals surface area contributed by atoms with E-state index in [1.165, 1.54) is 23.3 Å². The topological polar surface area (TPSA) is 79.7 Å². The van der Waals surface area contributed by atoms with Gasteiger partial charge in [-0.3, -0.25) is 9.59 Å². The Morgan fingerprint density at radius 2 is 2.11 bits per heavy atom. The molecule has 1 aromatic heterocycles. The number of nitrogens with zero attached hydrogens (tertiary/aromatic N) is 2. The summed E-state index contributed by atoms with van der Waals surface area (Å²) in [6.07, 6.45) is 0. The molecule has 19 heavy (non-hydrogen) atoms. The number of hydrogen-bond acceptors (Lipinski definition) is 6. The van der Waals surface area contributed by atoms with E-state index in [-0.39, 0.29) is 13.1 Å². The van der Waals surface area contributed by atoms with Gasteiger partial charge in [-0.1, -0.05) is 23.5 Å². The molecule has 7 heteroatoms. The fourth-order valence-corrected chi connectivity index (χ4v) is 2.53. The molecule has 2 aromatic rings. The van der Waals surface area contributed by atoms with E-state index in [0.717, 1.165) is 10.2 Å². The molecule has 0 aliphatic carbocycles. The van der Waals surface area contributed by atoms with Gasteiger partial charge in [0.25, 0.3) is 0 Å². The minimum Gasteiger partial charge on any atom is -0.480 e. The number of para-hydroxylation sites is 1. The molecule has 0 bridgehead atoms. The molecule has 0 spiro atoms. The molecule has 0 fully saturated rings. The van der Waals surface area contributed by atoms with E-state index in [2.05, 4.69) is 9.72 Å². The van der Waals surface area contributed by atoms with Crippen molar-refractivity contribution in [2.24, 2.45) is 0 Å². The highest BCUT2D eigenvalue weighted by atomic mass is 32.1. The van der Waals surface area contributed by atoms with Gasteiger partial charge < -0.3 is 14.7 Å². The zero-order valence-electron chi connectivity index (χ0n) is 10.2. The molecule has 0 aliphatic rings. The smallest absolute Gasteiger partial charge is 0.325 e. The fourth-order valence-electron chi connectivity index (χ4n) is 1.57. The number of esters is 1. The summed E-state index contributed by atoms with van der Waals surface area (Å²) in [5, 5.41) is 9.38. The van der Waals surface area contributed by atoms with E-state index in [9.17, 15) is 9.59 Å². The number of ether oxygens (including phenoxy) is 1. The second kappa shape index (κ2) is 5.66. The van der Waals surface area contributed by atoms with Crippen molar-refractivity contribution < 1.29 is 19.4 Å². The van der Waals surface area contributed by atoms with Gasteiger partial charge in [0.1, 0.15) is 13.1 Å². The van der Waals surface area contributed by atoms with E-state index in [1.807, 2.05) is 24.3 Å². The quantitative estimate of drug-likeness (QED) is 0.833. The SMILES string of the molecule is COC(=O)CN(CC(=O)O)c1nc2ccccc2s1. The molecule has 0 saturated heterocycles. The van der Waals surface area contributed by atoms with E-state index in [0.29, 0.717) is 5.13 Å². The van der Waals surface area contributed by atoms with E-state index >= 15 is 0 Å². The standard InChI is InChI=1S/C12H12N2O4S/c1-18-11(17)7-14(6-10(15)16)12-13-8-4-2-3-5-9(8)19-12/h2-5H,6-7H2,1H3,(H,15,16). The Hall–Kier alpha value is -2.15. The Labute approximate surface area is 113 Å². The average Bonchev–Trinajstić information content (AvgIpc) is 2.80. The molecule has 1 heterocycles. The first kappa shape index (κ1) is 13.3. The van der Waals surface area contributed by atoms with Gasteiger partial charge in [0.2, 0.25) is 0 Å². The van der Waals surface area contributed by atoms with Gasteiger partial charge in [-0.2, -0.15) is 0 Å². The minimum absolute atomic E-state index is 0.136. The molecule has 0 saturated carbocycles. The lowest BCUT2D eigenvalue weighted by Gasteiger charge is -2.17. The van der Waals surface area contributed by atoms with Gasteiger partial charge in [0.05, 0.1) is 17.3 Å². The first-order valence-corrected chi connectivity index (χ1v) is 6.31. The summed E-state index contributed by atoms with van der Waals surface area (Å²) < 4.78 is 5.50. The molecule has 0 aliphatic heterocycles. The average molecular weight is 280 g/mol. The number of benzene rings is 1. The van der Waals surface area contributed by atoms with Crippen LogP contribution in [0.15, 0.2) is 24.3 Å². The number of aliphatic carboxylic acids is 1. The maximum Gasteiger partial charge on any atom is 0.325 e. The third-order valence-electron chi connectivity index (χ3n) is 2.43. The Kier molecular flexibility index (Phi) is 3.96. The summed E-state index contributed by atoms with van der Waals surface area (Å²) >= 11 is 1.34. The van der Waals surface area contributed by atoms with Gasteiger partial charge in [-0.25, -0.2) is 4.98 Å². The predicted molar refractivity (Wildman–Crippen MR) is 71.5 cm³/mol. The molecule has 0 unspecified atom stereocenters. The Morgan fingerprint density at radius 1 is 1.37 bits per heavy atom. The summed E-state index contributed by atoms with van der Waals surface area (Å²) in [5.74, 6) is -1.52. The molecule has 0 radical (unpaired) electrons. The summed E-state index contributed by atoms with van der Waals surface area (Å²) in [6.45, 7) is -0.433. The van der Waals surface area contributed by atoms with Crippen LogP contribution in [-0.4, -0.2) is 42.2 Å². The summed E-state index contributed by atoms with van der Waals surface area (Å²) in [4.78, 5) is 27.9. The van der Waals surface area contributed by atoms with Crippen LogP contribution in [0.3, 0.4) is 0 Å². The van der Waals surface area contributed by atoms with Crippen LogP contribution in [0.1, 0.15) is 0 Å². The van der Waals surface area contributed by atoms with Crippen molar-refractivity contribution in [3.8, 4) is 0 Å². The van der Waals surface area contributed by atoms with Crippen LogP contribution in [0, 0.1) is 0 Å². The molecule has 1 aromatic carbocycles. The van der Waals surface area contributed by atoms with Crippen molar-refractivity contribution in [2.45, 2.75) is 0 Å². The molecule has 0 atom stereocenters. The lowest BCUT2D eigenvalue weighted by molar-refractivity contribution is -0.139. The summed E-state index contributed by atoms with van der Waals surface area (Å²) in [6, 6.07) is 7.47. The molecule has 2 rings (SSSR count). The highest BCUT2D eigenvalue weighted by molar-refractivity contribution is 7.22. The fraction of sp³-hybridized carbons (Fsp3) is 0.250. The number of carboxylic acid groups (broad SMARTS) is 1. The second-order valence-corrected chi connectivity index (χ2v) is 4.80. The van der Waals surface area contributed by atoms with Crippen molar-refractivity contribution in [1.29, 1.82) is 0 Å². The van der Waals surface area contributed by atoms with Gasteiger partial charge in [0.15, 0.2) is 5.13 Å². The first-order chi connectivity index (χ1) is 9.10. The third-order valence-corrected chi connectivity index (χ3v) is 3.52. The van der Waals surface area contributed by atoms with Crippen molar-refractivity contribution in [3.05, 3.63) is 24.3 Å². The van der Waals surface area contributed by atoms with Crippen LogP contribution < -0.4 is 4.90 Å². The molecular formula is C12H12N2O4S. The number of anilines is 1. The van der Waals surface area contributed by atoms with Crippen LogP contribution in [0.2, 0.25) is 0 Å². The number of carbonyl (C=O) groups is 2. The maximum absolute atomic E-state index is 11.3. The zero-order valence-corrected chi connectivity index (χ0v) is 11.0. The monoisotopic (exact) mass is 280 g/mol. The highest BCUT2D eigenvalue weighted by Crippen LogP contribution is 2.28. The molecule has 100 valence electrons. The number of thiazole rings is 1. The van der Waals surface area contributed by atoms with Crippen LogP contribution in [0.5, 0.6) is 0 Å². The normalized spacial score (nSPS) is 10.4. The number of fused-ring (bicyclic) bond motifs is 1. The third kappa shape index (κ3) is 3.19.